The van der Waals surface area contributed by atoms with Crippen LogP contribution in [0.25, 0.3) is 11.2 Å². The summed E-state index contributed by atoms with van der Waals surface area (Å²) >= 11 is 0. The Bertz CT molecular complexity index is 1060. The van der Waals surface area contributed by atoms with E-state index in [4.69, 9.17) is 4.98 Å². The number of hydrogen-bond acceptors (Lipinski definition) is 5. The molecule has 0 saturated carbocycles. The zero-order chi connectivity index (χ0) is 22.2. The first-order valence-corrected chi connectivity index (χ1v) is 10.5. The van der Waals surface area contributed by atoms with Gasteiger partial charge in [0.1, 0.15) is 11.3 Å². The van der Waals surface area contributed by atoms with Gasteiger partial charge in [-0.3, -0.25) is 4.57 Å². The van der Waals surface area contributed by atoms with Gasteiger partial charge in [-0.15, -0.1) is 0 Å². The van der Waals surface area contributed by atoms with Crippen molar-refractivity contribution in [3.8, 4) is 0 Å². The Labute approximate surface area is 179 Å². The van der Waals surface area contributed by atoms with Crippen LogP contribution in [0.15, 0.2) is 30.5 Å². The molecule has 2 aromatic heterocycles. The Kier molecular flexibility index (Phi) is 5.63. The minimum absolute atomic E-state index is 0.0347. The minimum Gasteiger partial charge on any atom is -0.326 e. The lowest BCUT2D eigenvalue weighted by atomic mass is 9.92. The van der Waals surface area contributed by atoms with Gasteiger partial charge in [0.05, 0.1) is 11.8 Å². The number of alkyl halides is 3. The molecule has 0 radical (unpaired) electrons. The average molecular weight is 432 g/mol. The summed E-state index contributed by atoms with van der Waals surface area (Å²) in [4.78, 5) is 13.8. The van der Waals surface area contributed by atoms with E-state index in [0.717, 1.165) is 43.9 Å². The summed E-state index contributed by atoms with van der Waals surface area (Å²) in [5.74, 6) is 1.61. The van der Waals surface area contributed by atoms with Crippen LogP contribution >= 0.6 is 0 Å². The largest absolute Gasteiger partial charge is 0.416 e. The lowest BCUT2D eigenvalue weighted by Gasteiger charge is -2.17. The molecule has 1 saturated heterocycles. The molecule has 6 nitrogen and oxygen atoms in total. The number of rotatable bonds is 5. The molecule has 1 aromatic carbocycles. The Morgan fingerprint density at radius 3 is 2.68 bits per heavy atom. The summed E-state index contributed by atoms with van der Waals surface area (Å²) in [5, 5.41) is 6.44. The summed E-state index contributed by atoms with van der Waals surface area (Å²) < 4.78 is 41.4. The van der Waals surface area contributed by atoms with E-state index in [1.165, 1.54) is 6.07 Å². The highest BCUT2D eigenvalue weighted by atomic mass is 19.4. The van der Waals surface area contributed by atoms with Gasteiger partial charge in [0.25, 0.3) is 0 Å². The van der Waals surface area contributed by atoms with E-state index in [1.807, 2.05) is 4.57 Å². The molecular formula is C22H27F3N6. The van der Waals surface area contributed by atoms with E-state index < -0.39 is 11.7 Å². The number of nitrogens with zero attached hydrogens (tertiary/aromatic N) is 4. The van der Waals surface area contributed by atoms with Gasteiger partial charge < -0.3 is 10.6 Å². The number of nitrogens with one attached hydrogen (secondary N) is 2. The topological polar surface area (TPSA) is 67.7 Å². The van der Waals surface area contributed by atoms with E-state index >= 15 is 0 Å². The first-order chi connectivity index (χ1) is 14.6. The maximum Gasteiger partial charge on any atom is 0.416 e. The van der Waals surface area contributed by atoms with Crippen molar-refractivity contribution in [1.82, 2.24) is 24.8 Å². The number of aromatic nitrogens is 4. The smallest absolute Gasteiger partial charge is 0.326 e. The molecule has 2 N–H and O–H groups in total. The first kappa shape index (κ1) is 21.5. The Morgan fingerprint density at radius 1 is 1.19 bits per heavy atom. The average Bonchev–Trinajstić information content (AvgIpc) is 3.29. The van der Waals surface area contributed by atoms with Crippen molar-refractivity contribution in [1.29, 1.82) is 0 Å². The van der Waals surface area contributed by atoms with Crippen molar-refractivity contribution < 1.29 is 13.2 Å². The summed E-state index contributed by atoms with van der Waals surface area (Å²) in [6.07, 6.45) is -0.955. The van der Waals surface area contributed by atoms with Gasteiger partial charge in [-0.1, -0.05) is 26.8 Å². The second-order valence-corrected chi connectivity index (χ2v) is 9.34. The van der Waals surface area contributed by atoms with Gasteiger partial charge in [-0.2, -0.15) is 13.2 Å². The van der Waals surface area contributed by atoms with E-state index in [0.29, 0.717) is 35.3 Å². The number of imidazole rings is 1. The van der Waals surface area contributed by atoms with Gasteiger partial charge in [0, 0.05) is 18.7 Å². The Balaban J connectivity index is 1.73. The predicted octanol–water partition coefficient (Wildman–Crippen LogP) is 4.79. The van der Waals surface area contributed by atoms with Crippen molar-refractivity contribution >= 4 is 22.8 Å². The fraction of sp³-hybridized carbons (Fsp3) is 0.500. The van der Waals surface area contributed by atoms with E-state index in [1.54, 1.807) is 12.3 Å². The molecule has 1 aliphatic rings. The quantitative estimate of drug-likeness (QED) is 0.607. The molecule has 1 aliphatic heterocycles. The van der Waals surface area contributed by atoms with E-state index in [9.17, 15) is 13.2 Å². The summed E-state index contributed by atoms with van der Waals surface area (Å²) in [6.45, 7) is 8.91. The predicted molar refractivity (Wildman–Crippen MR) is 114 cm³/mol. The molecule has 3 aromatic rings. The normalized spacial score (nSPS) is 17.4. The van der Waals surface area contributed by atoms with Crippen LogP contribution in [0.4, 0.5) is 24.8 Å². The van der Waals surface area contributed by atoms with Gasteiger partial charge >= 0.3 is 6.18 Å². The molecule has 9 heteroatoms. The summed E-state index contributed by atoms with van der Waals surface area (Å²) in [5.41, 5.74) is 0.993. The Morgan fingerprint density at radius 2 is 2.00 bits per heavy atom. The molecule has 0 spiro atoms. The zero-order valence-electron chi connectivity index (χ0n) is 17.9. The highest BCUT2D eigenvalue weighted by molar-refractivity contribution is 5.75. The number of anilines is 2. The molecule has 0 aliphatic carbocycles. The standard InChI is InChI=1S/C22H27F3N6/c1-21(2,3)10-18-27-12-17-19(30-18)31(13-14-7-8-26-11-14)20(29-17)28-16-6-4-5-15(9-16)22(23,24)25/h4-6,9,12,14,26H,7-8,10-11,13H2,1-3H3,(H,28,29). The molecule has 1 unspecified atom stereocenters. The van der Waals surface area contributed by atoms with E-state index in [-0.39, 0.29) is 5.41 Å². The van der Waals surface area contributed by atoms with Crippen LogP contribution in [-0.2, 0) is 19.1 Å². The molecule has 166 valence electrons. The maximum atomic E-state index is 13.1. The van der Waals surface area contributed by atoms with Crippen LogP contribution in [0.5, 0.6) is 0 Å². The summed E-state index contributed by atoms with van der Waals surface area (Å²) in [6, 6.07) is 5.15. The van der Waals surface area contributed by atoms with E-state index in [2.05, 4.69) is 41.4 Å². The van der Waals surface area contributed by atoms with Gasteiger partial charge in [0.2, 0.25) is 5.95 Å². The number of fused-ring (bicyclic) bond motifs is 1. The maximum absolute atomic E-state index is 13.1. The fourth-order valence-electron chi connectivity index (χ4n) is 3.81. The third kappa shape index (κ3) is 5.15. The third-order valence-electron chi connectivity index (χ3n) is 5.28. The van der Waals surface area contributed by atoms with Crippen LogP contribution in [0, 0.1) is 11.3 Å². The zero-order valence-corrected chi connectivity index (χ0v) is 17.9. The second kappa shape index (κ2) is 8.11. The van der Waals surface area contributed by atoms with Gasteiger partial charge in [-0.05, 0) is 49.0 Å². The number of hydrogen-bond donors (Lipinski definition) is 2. The molecule has 31 heavy (non-hydrogen) atoms. The second-order valence-electron chi connectivity index (χ2n) is 9.34. The molecule has 0 amide bonds. The fourth-order valence-corrected chi connectivity index (χ4v) is 3.81. The lowest BCUT2D eigenvalue weighted by molar-refractivity contribution is -0.137. The Hall–Kier alpha value is -2.68. The van der Waals surface area contributed by atoms with Crippen molar-refractivity contribution in [2.45, 2.75) is 46.3 Å². The minimum atomic E-state index is -4.40. The van der Waals surface area contributed by atoms with Crippen molar-refractivity contribution in [2.75, 3.05) is 18.4 Å². The molecule has 0 bridgehead atoms. The van der Waals surface area contributed by atoms with Crippen molar-refractivity contribution in [3.63, 3.8) is 0 Å². The molecule has 3 heterocycles. The molecule has 1 atom stereocenters. The number of halogens is 3. The van der Waals surface area contributed by atoms with Crippen LogP contribution in [0.2, 0.25) is 0 Å². The number of benzene rings is 1. The molecule has 4 rings (SSSR count). The van der Waals surface area contributed by atoms with Gasteiger partial charge in [0.15, 0.2) is 5.65 Å². The van der Waals surface area contributed by atoms with Gasteiger partial charge in [-0.25, -0.2) is 15.0 Å². The first-order valence-electron chi connectivity index (χ1n) is 10.5. The van der Waals surface area contributed by atoms with Crippen molar-refractivity contribution in [2.24, 2.45) is 11.3 Å². The summed E-state index contributed by atoms with van der Waals surface area (Å²) in [7, 11) is 0. The van der Waals surface area contributed by atoms with Crippen LogP contribution in [0.1, 0.15) is 38.6 Å². The lowest BCUT2D eigenvalue weighted by Crippen LogP contribution is -2.17. The monoisotopic (exact) mass is 432 g/mol. The van der Waals surface area contributed by atoms with Crippen LogP contribution in [-0.4, -0.2) is 32.6 Å². The van der Waals surface area contributed by atoms with Crippen molar-refractivity contribution in [3.05, 3.63) is 41.9 Å². The highest BCUT2D eigenvalue weighted by Gasteiger charge is 2.30. The van der Waals surface area contributed by atoms with Crippen LogP contribution < -0.4 is 10.6 Å². The third-order valence-corrected chi connectivity index (χ3v) is 5.28. The molecular weight excluding hydrogens is 405 g/mol. The molecule has 1 fully saturated rings. The van der Waals surface area contributed by atoms with Crippen LogP contribution in [0.3, 0.4) is 0 Å². The SMILES string of the molecule is CC(C)(C)Cc1ncc2nc(Nc3cccc(C(F)(F)F)c3)n(CC3CCNC3)c2n1. The highest BCUT2D eigenvalue weighted by Crippen LogP contribution is 2.32.